The quantitative estimate of drug-likeness (QED) is 0.886. The lowest BCUT2D eigenvalue weighted by Gasteiger charge is -2.46. The van der Waals surface area contributed by atoms with E-state index in [2.05, 4.69) is 15.9 Å². The molecule has 1 fully saturated rings. The van der Waals surface area contributed by atoms with Crippen molar-refractivity contribution in [3.05, 3.63) is 28.2 Å². The van der Waals surface area contributed by atoms with Gasteiger partial charge in [0.25, 0.3) is 0 Å². The first-order valence-electron chi connectivity index (χ1n) is 7.15. The fourth-order valence-electron chi connectivity index (χ4n) is 2.47. The van der Waals surface area contributed by atoms with E-state index in [9.17, 15) is 9.90 Å². The summed E-state index contributed by atoms with van der Waals surface area (Å²) < 4.78 is 11.5. The van der Waals surface area contributed by atoms with E-state index in [1.807, 2.05) is 39.0 Å². The Morgan fingerprint density at radius 3 is 2.59 bits per heavy atom. The number of β-amino-alcohol motifs (C(OH)–C–C–N with tert-alkyl or cyclic N) is 1. The predicted octanol–water partition coefficient (Wildman–Crippen LogP) is 2.98. The van der Waals surface area contributed by atoms with Crippen LogP contribution in [-0.4, -0.2) is 47.5 Å². The minimum atomic E-state index is -0.940. The highest BCUT2D eigenvalue weighted by Gasteiger charge is 2.45. The van der Waals surface area contributed by atoms with Crippen molar-refractivity contribution < 1.29 is 19.4 Å². The first-order chi connectivity index (χ1) is 10.1. The number of aliphatic hydroxyl groups is 1. The molecular formula is C16H22BrNO4. The van der Waals surface area contributed by atoms with Crippen molar-refractivity contribution in [3.8, 4) is 5.75 Å². The number of benzene rings is 1. The molecule has 1 amide bonds. The topological polar surface area (TPSA) is 59.0 Å². The highest BCUT2D eigenvalue weighted by Crippen LogP contribution is 2.32. The highest BCUT2D eigenvalue weighted by atomic mass is 79.9. The Bertz CT molecular complexity index is 562. The van der Waals surface area contributed by atoms with Gasteiger partial charge in [0.15, 0.2) is 0 Å². The molecule has 1 N–H and O–H groups in total. The van der Waals surface area contributed by atoms with Gasteiger partial charge in [0.05, 0.1) is 20.2 Å². The smallest absolute Gasteiger partial charge is 0.410 e. The highest BCUT2D eigenvalue weighted by molar-refractivity contribution is 9.10. The summed E-state index contributed by atoms with van der Waals surface area (Å²) in [6, 6.07) is 5.67. The van der Waals surface area contributed by atoms with Gasteiger partial charge in [-0.15, -0.1) is 0 Å². The van der Waals surface area contributed by atoms with Crippen molar-refractivity contribution in [3.63, 3.8) is 0 Å². The summed E-state index contributed by atoms with van der Waals surface area (Å²) >= 11 is 3.42. The number of rotatable bonds is 3. The van der Waals surface area contributed by atoms with Crippen LogP contribution in [0.4, 0.5) is 4.79 Å². The third-order valence-electron chi connectivity index (χ3n) is 3.38. The number of ether oxygens (including phenoxy) is 2. The van der Waals surface area contributed by atoms with E-state index in [4.69, 9.17) is 9.47 Å². The second kappa shape index (κ2) is 6.08. The van der Waals surface area contributed by atoms with Gasteiger partial charge in [0.1, 0.15) is 17.0 Å². The van der Waals surface area contributed by atoms with Crippen LogP contribution in [0.25, 0.3) is 0 Å². The van der Waals surface area contributed by atoms with Gasteiger partial charge >= 0.3 is 6.09 Å². The fourth-order valence-corrected chi connectivity index (χ4v) is 2.88. The van der Waals surface area contributed by atoms with Gasteiger partial charge in [-0.1, -0.05) is 15.9 Å². The molecule has 0 saturated carbocycles. The summed E-state index contributed by atoms with van der Waals surface area (Å²) in [5.74, 6) is 0.729. The van der Waals surface area contributed by atoms with Crippen LogP contribution in [-0.2, 0) is 11.2 Å². The molecule has 22 heavy (non-hydrogen) atoms. The normalized spacial score (nSPS) is 16.9. The molecule has 1 heterocycles. The number of carbonyl (C=O) groups excluding carboxylic acids is 1. The SMILES string of the molecule is COc1ccc(Br)cc1CC1(O)CN(C(=O)OC(C)(C)C)C1. The third-order valence-corrected chi connectivity index (χ3v) is 3.88. The fraction of sp³-hybridized carbons (Fsp3) is 0.562. The molecule has 1 aromatic carbocycles. The Hall–Kier alpha value is -1.27. The van der Waals surface area contributed by atoms with Crippen molar-refractivity contribution in [2.45, 2.75) is 38.4 Å². The van der Waals surface area contributed by atoms with Crippen LogP contribution < -0.4 is 4.74 Å². The van der Waals surface area contributed by atoms with E-state index in [1.54, 1.807) is 7.11 Å². The molecule has 122 valence electrons. The number of hydrogen-bond acceptors (Lipinski definition) is 4. The Kier molecular flexibility index (Phi) is 4.73. The molecule has 1 aromatic rings. The van der Waals surface area contributed by atoms with Crippen molar-refractivity contribution in [1.29, 1.82) is 0 Å². The molecular weight excluding hydrogens is 350 g/mol. The molecule has 1 aliphatic heterocycles. The summed E-state index contributed by atoms with van der Waals surface area (Å²) in [5, 5.41) is 10.6. The lowest BCUT2D eigenvalue weighted by molar-refractivity contribution is -0.0975. The van der Waals surface area contributed by atoms with Crippen molar-refractivity contribution in [2.75, 3.05) is 20.2 Å². The average molecular weight is 372 g/mol. The summed E-state index contributed by atoms with van der Waals surface area (Å²) in [6.07, 6.45) is 0.0351. The van der Waals surface area contributed by atoms with Crippen molar-refractivity contribution in [1.82, 2.24) is 4.90 Å². The average Bonchev–Trinajstić information content (AvgIpc) is 2.34. The van der Waals surface area contributed by atoms with E-state index >= 15 is 0 Å². The van der Waals surface area contributed by atoms with Gasteiger partial charge in [0, 0.05) is 10.9 Å². The maximum absolute atomic E-state index is 11.9. The van der Waals surface area contributed by atoms with Gasteiger partial charge in [-0.3, -0.25) is 0 Å². The molecule has 0 bridgehead atoms. The molecule has 0 spiro atoms. The Balaban J connectivity index is 1.99. The van der Waals surface area contributed by atoms with E-state index in [0.717, 1.165) is 15.8 Å². The second-order valence-corrected chi connectivity index (χ2v) is 7.61. The Morgan fingerprint density at radius 1 is 1.41 bits per heavy atom. The Labute approximate surface area is 139 Å². The maximum atomic E-state index is 11.9. The van der Waals surface area contributed by atoms with Gasteiger partial charge in [-0.05, 0) is 44.5 Å². The monoisotopic (exact) mass is 371 g/mol. The van der Waals surface area contributed by atoms with Gasteiger partial charge in [-0.25, -0.2) is 4.79 Å². The number of nitrogens with zero attached hydrogens (tertiary/aromatic N) is 1. The molecule has 1 aliphatic rings. The standard InChI is InChI=1S/C16H22BrNO4/c1-15(2,3)22-14(19)18-9-16(20,10-18)8-11-7-12(17)5-6-13(11)21-4/h5-7,20H,8-10H2,1-4H3. The zero-order valence-electron chi connectivity index (χ0n) is 13.4. The summed E-state index contributed by atoms with van der Waals surface area (Å²) in [6.45, 7) is 5.99. The number of hydrogen-bond donors (Lipinski definition) is 1. The van der Waals surface area contributed by atoms with Gasteiger partial charge in [0.2, 0.25) is 0 Å². The zero-order valence-corrected chi connectivity index (χ0v) is 14.9. The van der Waals surface area contributed by atoms with E-state index in [-0.39, 0.29) is 13.1 Å². The number of methoxy groups -OCH3 is 1. The van der Waals surface area contributed by atoms with Gasteiger partial charge in [-0.2, -0.15) is 0 Å². The third kappa shape index (κ3) is 4.14. The summed E-state index contributed by atoms with van der Waals surface area (Å²) in [4.78, 5) is 13.4. The number of likely N-dealkylation sites (tertiary alicyclic amines) is 1. The zero-order chi connectivity index (χ0) is 16.5. The molecule has 0 aliphatic carbocycles. The van der Waals surface area contributed by atoms with Crippen molar-refractivity contribution >= 4 is 22.0 Å². The van der Waals surface area contributed by atoms with Crippen LogP contribution in [0.2, 0.25) is 0 Å². The molecule has 6 heteroatoms. The summed E-state index contributed by atoms with van der Waals surface area (Å²) in [5.41, 5.74) is -0.563. The molecule has 2 rings (SSSR count). The minimum Gasteiger partial charge on any atom is -0.496 e. The maximum Gasteiger partial charge on any atom is 0.410 e. The van der Waals surface area contributed by atoms with Crippen LogP contribution in [0.5, 0.6) is 5.75 Å². The van der Waals surface area contributed by atoms with Crippen LogP contribution in [0, 0.1) is 0 Å². The largest absolute Gasteiger partial charge is 0.496 e. The summed E-state index contributed by atoms with van der Waals surface area (Å²) in [7, 11) is 1.60. The van der Waals surface area contributed by atoms with Crippen molar-refractivity contribution in [2.24, 2.45) is 0 Å². The van der Waals surface area contributed by atoms with Gasteiger partial charge < -0.3 is 19.5 Å². The van der Waals surface area contributed by atoms with Crippen LogP contribution in [0.1, 0.15) is 26.3 Å². The van der Waals surface area contributed by atoms with Crippen LogP contribution in [0.15, 0.2) is 22.7 Å². The lowest BCUT2D eigenvalue weighted by atomic mass is 9.87. The molecule has 0 unspecified atom stereocenters. The van der Waals surface area contributed by atoms with E-state index < -0.39 is 17.3 Å². The lowest BCUT2D eigenvalue weighted by Crippen LogP contribution is -2.65. The number of halogens is 1. The molecule has 5 nitrogen and oxygen atoms in total. The van der Waals surface area contributed by atoms with E-state index in [1.165, 1.54) is 4.90 Å². The molecule has 0 aromatic heterocycles. The molecule has 0 radical (unpaired) electrons. The molecule has 1 saturated heterocycles. The van der Waals surface area contributed by atoms with E-state index in [0.29, 0.717) is 6.42 Å². The van der Waals surface area contributed by atoms with Crippen LogP contribution >= 0.6 is 15.9 Å². The second-order valence-electron chi connectivity index (χ2n) is 6.69. The van der Waals surface area contributed by atoms with Crippen LogP contribution in [0.3, 0.4) is 0 Å². The number of amides is 1. The first kappa shape index (κ1) is 17.1. The Morgan fingerprint density at radius 2 is 2.05 bits per heavy atom. The first-order valence-corrected chi connectivity index (χ1v) is 7.94. The minimum absolute atomic E-state index is 0.261. The molecule has 0 atom stereocenters. The number of carbonyl (C=O) groups is 1. The predicted molar refractivity (Wildman–Crippen MR) is 87.2 cm³/mol.